The third-order valence-corrected chi connectivity index (χ3v) is 6.97. The Balaban J connectivity index is 1.36. The van der Waals surface area contributed by atoms with Crippen LogP contribution in [0.4, 0.5) is 4.79 Å². The van der Waals surface area contributed by atoms with E-state index in [1.54, 1.807) is 11.1 Å². The summed E-state index contributed by atoms with van der Waals surface area (Å²) in [6, 6.07) is 2.57. The molecule has 10 heteroatoms. The second-order valence-electron chi connectivity index (χ2n) is 10.7. The average molecular weight is 505 g/mol. The minimum absolute atomic E-state index is 0.221. The SMILES string of the molecule is CCC(CC)n1cc(-c2nc(-c3cnn(C4CCN(C(=O)OC(C)(C)C)CC4)c3)cn3nccc23)cn1. The minimum atomic E-state index is -0.487. The maximum atomic E-state index is 12.4. The molecule has 0 saturated carbocycles. The van der Waals surface area contributed by atoms with Gasteiger partial charge in [-0.15, -0.1) is 0 Å². The van der Waals surface area contributed by atoms with Crippen LogP contribution in [-0.4, -0.2) is 63.8 Å². The smallest absolute Gasteiger partial charge is 0.410 e. The molecule has 10 nitrogen and oxygen atoms in total. The van der Waals surface area contributed by atoms with Gasteiger partial charge in [0.05, 0.1) is 53.8 Å². The molecule has 196 valence electrons. The summed E-state index contributed by atoms with van der Waals surface area (Å²) in [6.45, 7) is 11.3. The number of carbonyl (C=O) groups excluding carboxylic acids is 1. The first-order valence-corrected chi connectivity index (χ1v) is 13.2. The predicted octanol–water partition coefficient (Wildman–Crippen LogP) is 5.39. The number of hydrogen-bond donors (Lipinski definition) is 0. The van der Waals surface area contributed by atoms with Gasteiger partial charge in [0.1, 0.15) is 5.60 Å². The summed E-state index contributed by atoms with van der Waals surface area (Å²) in [5.41, 5.74) is 4.01. The van der Waals surface area contributed by atoms with Crippen molar-refractivity contribution in [1.82, 2.24) is 39.1 Å². The van der Waals surface area contributed by atoms with E-state index in [-0.39, 0.29) is 12.1 Å². The Bertz CT molecular complexity index is 1370. The van der Waals surface area contributed by atoms with Gasteiger partial charge in [-0.2, -0.15) is 15.3 Å². The molecule has 0 N–H and O–H groups in total. The van der Waals surface area contributed by atoms with E-state index in [2.05, 4.69) is 35.3 Å². The molecule has 4 aromatic heterocycles. The molecule has 37 heavy (non-hydrogen) atoms. The lowest BCUT2D eigenvalue weighted by atomic mass is 10.1. The monoisotopic (exact) mass is 504 g/mol. The molecule has 0 radical (unpaired) electrons. The first-order valence-electron chi connectivity index (χ1n) is 13.2. The summed E-state index contributed by atoms with van der Waals surface area (Å²) in [4.78, 5) is 19.2. The first-order chi connectivity index (χ1) is 17.8. The standard InChI is InChI=1S/C27H36N8O2/c1-6-21(7-2)33-17-20(15-30-33)25-24-8-11-28-35(24)18-23(31-25)19-14-29-34(16-19)22-9-12-32(13-10-22)26(36)37-27(3,4)5/h8,11,14-18,21-22H,6-7,9-10,12-13H2,1-5H3. The second kappa shape index (κ2) is 9.99. The Morgan fingerprint density at radius 1 is 1.03 bits per heavy atom. The van der Waals surface area contributed by atoms with Crippen LogP contribution in [0.25, 0.3) is 28.0 Å². The van der Waals surface area contributed by atoms with Crippen LogP contribution in [0.15, 0.2) is 43.2 Å². The van der Waals surface area contributed by atoms with Crippen molar-refractivity contribution in [2.75, 3.05) is 13.1 Å². The van der Waals surface area contributed by atoms with E-state index in [4.69, 9.17) is 9.72 Å². The summed E-state index contributed by atoms with van der Waals surface area (Å²) in [5, 5.41) is 13.8. The number of ether oxygens (including phenoxy) is 1. The summed E-state index contributed by atoms with van der Waals surface area (Å²) < 4.78 is 11.4. The van der Waals surface area contributed by atoms with Crippen molar-refractivity contribution in [2.24, 2.45) is 0 Å². The lowest BCUT2D eigenvalue weighted by Crippen LogP contribution is -2.42. The van der Waals surface area contributed by atoms with Gasteiger partial charge in [0, 0.05) is 36.6 Å². The molecule has 1 amide bonds. The van der Waals surface area contributed by atoms with Gasteiger partial charge < -0.3 is 9.64 Å². The quantitative estimate of drug-likeness (QED) is 0.349. The fourth-order valence-electron chi connectivity index (χ4n) is 4.91. The Labute approximate surface area is 217 Å². The zero-order chi connectivity index (χ0) is 26.2. The van der Waals surface area contributed by atoms with Crippen molar-refractivity contribution in [1.29, 1.82) is 0 Å². The number of likely N-dealkylation sites (tertiary alicyclic amines) is 1. The largest absolute Gasteiger partial charge is 0.444 e. The van der Waals surface area contributed by atoms with Crippen LogP contribution < -0.4 is 0 Å². The van der Waals surface area contributed by atoms with Crippen LogP contribution in [0.2, 0.25) is 0 Å². The number of nitrogens with zero attached hydrogens (tertiary/aromatic N) is 8. The molecule has 4 aromatic rings. The molecule has 0 spiro atoms. The van der Waals surface area contributed by atoms with E-state index < -0.39 is 5.60 Å². The second-order valence-corrected chi connectivity index (χ2v) is 10.7. The van der Waals surface area contributed by atoms with Crippen molar-refractivity contribution in [3.8, 4) is 22.5 Å². The molecule has 1 saturated heterocycles. The fraction of sp³-hybridized carbons (Fsp3) is 0.519. The lowest BCUT2D eigenvalue weighted by molar-refractivity contribution is 0.0185. The summed E-state index contributed by atoms with van der Waals surface area (Å²) in [6.07, 6.45) is 15.1. The molecule has 1 fully saturated rings. The number of fused-ring (bicyclic) bond motifs is 1. The van der Waals surface area contributed by atoms with E-state index in [1.807, 2.05) is 65.5 Å². The predicted molar refractivity (Wildman–Crippen MR) is 141 cm³/mol. The molecule has 1 aliphatic rings. The lowest BCUT2D eigenvalue weighted by Gasteiger charge is -2.33. The van der Waals surface area contributed by atoms with E-state index in [0.29, 0.717) is 19.1 Å². The Hall–Kier alpha value is -3.69. The highest BCUT2D eigenvalue weighted by Gasteiger charge is 2.28. The zero-order valence-electron chi connectivity index (χ0n) is 22.3. The van der Waals surface area contributed by atoms with Crippen molar-refractivity contribution in [3.63, 3.8) is 0 Å². The van der Waals surface area contributed by atoms with Crippen molar-refractivity contribution >= 4 is 11.6 Å². The fourth-order valence-corrected chi connectivity index (χ4v) is 4.91. The normalized spacial score (nSPS) is 15.1. The molecule has 0 aromatic carbocycles. The highest BCUT2D eigenvalue weighted by molar-refractivity contribution is 5.78. The molecule has 0 atom stereocenters. The van der Waals surface area contributed by atoms with Gasteiger partial charge >= 0.3 is 6.09 Å². The highest BCUT2D eigenvalue weighted by atomic mass is 16.6. The van der Waals surface area contributed by atoms with Gasteiger partial charge in [-0.1, -0.05) is 13.8 Å². The third kappa shape index (κ3) is 5.23. The average Bonchev–Trinajstić information content (AvgIpc) is 3.64. The first kappa shape index (κ1) is 25.0. The Morgan fingerprint density at radius 3 is 2.46 bits per heavy atom. The molecule has 5 rings (SSSR count). The van der Waals surface area contributed by atoms with E-state index in [9.17, 15) is 4.79 Å². The number of carbonyl (C=O) groups is 1. The minimum Gasteiger partial charge on any atom is -0.444 e. The van der Waals surface area contributed by atoms with Gasteiger partial charge in [0.15, 0.2) is 0 Å². The number of amides is 1. The van der Waals surface area contributed by atoms with Gasteiger partial charge in [0.25, 0.3) is 0 Å². The third-order valence-electron chi connectivity index (χ3n) is 6.97. The summed E-state index contributed by atoms with van der Waals surface area (Å²) >= 11 is 0. The van der Waals surface area contributed by atoms with Crippen molar-refractivity contribution in [2.45, 2.75) is 78.0 Å². The van der Waals surface area contributed by atoms with Crippen molar-refractivity contribution in [3.05, 3.63) is 43.2 Å². The van der Waals surface area contributed by atoms with Crippen LogP contribution in [-0.2, 0) is 4.74 Å². The van der Waals surface area contributed by atoms with Gasteiger partial charge in [-0.25, -0.2) is 14.3 Å². The van der Waals surface area contributed by atoms with Gasteiger partial charge in [-0.3, -0.25) is 9.36 Å². The highest BCUT2D eigenvalue weighted by Crippen LogP contribution is 2.29. The number of piperidine rings is 1. The van der Waals surface area contributed by atoms with Crippen LogP contribution in [0, 0.1) is 0 Å². The molecule has 5 heterocycles. The topological polar surface area (TPSA) is 95.4 Å². The van der Waals surface area contributed by atoms with Crippen molar-refractivity contribution < 1.29 is 9.53 Å². The van der Waals surface area contributed by atoms with Gasteiger partial charge in [0.2, 0.25) is 0 Å². The van der Waals surface area contributed by atoms with E-state index in [1.165, 1.54) is 0 Å². The molecular weight excluding hydrogens is 468 g/mol. The zero-order valence-corrected chi connectivity index (χ0v) is 22.3. The molecule has 0 bridgehead atoms. The van der Waals surface area contributed by atoms with E-state index >= 15 is 0 Å². The maximum absolute atomic E-state index is 12.4. The molecule has 0 aliphatic carbocycles. The molecule has 1 aliphatic heterocycles. The summed E-state index contributed by atoms with van der Waals surface area (Å²) in [5.74, 6) is 0. The number of rotatable bonds is 6. The Morgan fingerprint density at radius 2 is 1.76 bits per heavy atom. The summed E-state index contributed by atoms with van der Waals surface area (Å²) in [7, 11) is 0. The van der Waals surface area contributed by atoms with Crippen LogP contribution in [0.1, 0.15) is 72.4 Å². The van der Waals surface area contributed by atoms with Crippen LogP contribution in [0.3, 0.4) is 0 Å². The van der Waals surface area contributed by atoms with Crippen LogP contribution >= 0.6 is 0 Å². The van der Waals surface area contributed by atoms with E-state index in [0.717, 1.165) is 53.7 Å². The van der Waals surface area contributed by atoms with Crippen LogP contribution in [0.5, 0.6) is 0 Å². The molecular formula is C27H36N8O2. The number of aromatic nitrogens is 7. The Kier molecular flexibility index (Phi) is 6.74. The number of hydrogen-bond acceptors (Lipinski definition) is 6. The molecule has 0 unspecified atom stereocenters. The van der Waals surface area contributed by atoms with Gasteiger partial charge in [-0.05, 0) is 52.5 Å². The maximum Gasteiger partial charge on any atom is 0.410 e.